The first-order valence-electron chi connectivity index (χ1n) is 10.5. The van der Waals surface area contributed by atoms with Gasteiger partial charge in [-0.3, -0.25) is 14.4 Å². The van der Waals surface area contributed by atoms with Crippen LogP contribution in [-0.2, 0) is 4.79 Å². The third kappa shape index (κ3) is 6.56. The predicted molar refractivity (Wildman–Crippen MR) is 118 cm³/mol. The van der Waals surface area contributed by atoms with Crippen LogP contribution in [0.3, 0.4) is 0 Å². The molecule has 0 aliphatic heterocycles. The van der Waals surface area contributed by atoms with E-state index in [9.17, 15) is 14.4 Å². The summed E-state index contributed by atoms with van der Waals surface area (Å²) < 4.78 is 5.93. The average molecular weight is 444 g/mol. The van der Waals surface area contributed by atoms with Crippen molar-refractivity contribution >= 4 is 29.3 Å². The molecule has 0 atom stereocenters. The van der Waals surface area contributed by atoms with E-state index in [-0.39, 0.29) is 23.7 Å². The van der Waals surface area contributed by atoms with E-state index in [0.717, 1.165) is 12.8 Å². The highest BCUT2D eigenvalue weighted by atomic mass is 35.5. The number of carboxylic acids is 1. The molecule has 1 fully saturated rings. The van der Waals surface area contributed by atoms with Gasteiger partial charge >= 0.3 is 5.97 Å². The van der Waals surface area contributed by atoms with Crippen LogP contribution in [0, 0.1) is 5.92 Å². The molecule has 3 rings (SSSR count). The molecule has 2 aromatic carbocycles. The lowest BCUT2D eigenvalue weighted by Gasteiger charge is -2.26. The zero-order valence-electron chi connectivity index (χ0n) is 17.2. The van der Waals surface area contributed by atoms with Crippen LogP contribution >= 0.6 is 11.6 Å². The summed E-state index contributed by atoms with van der Waals surface area (Å²) in [6.45, 7) is 0.385. The van der Waals surface area contributed by atoms with Crippen molar-refractivity contribution in [3.63, 3.8) is 0 Å². The van der Waals surface area contributed by atoms with Gasteiger partial charge in [-0.2, -0.15) is 0 Å². The Labute approximate surface area is 186 Å². The largest absolute Gasteiger partial charge is 0.490 e. The number of ketones is 1. The minimum atomic E-state index is -0.732. The Kier molecular flexibility index (Phi) is 8.06. The SMILES string of the molecule is O=C(CCCNC(=O)c1ccccc1Cl)c1ccc(OC2CCC(C(=O)O)CC2)cc1. The van der Waals surface area contributed by atoms with Gasteiger partial charge in [0.15, 0.2) is 5.78 Å². The highest BCUT2D eigenvalue weighted by Gasteiger charge is 2.26. The van der Waals surface area contributed by atoms with E-state index < -0.39 is 5.97 Å². The fourth-order valence-corrected chi connectivity index (χ4v) is 3.90. The summed E-state index contributed by atoms with van der Waals surface area (Å²) >= 11 is 6.01. The lowest BCUT2D eigenvalue weighted by molar-refractivity contribution is -0.143. The van der Waals surface area contributed by atoms with Crippen LogP contribution in [0.15, 0.2) is 48.5 Å². The number of aliphatic carboxylic acids is 1. The molecule has 1 aliphatic rings. The number of halogens is 1. The molecule has 1 aliphatic carbocycles. The summed E-state index contributed by atoms with van der Waals surface area (Å²) in [5, 5.41) is 12.2. The fraction of sp³-hybridized carbons (Fsp3) is 0.375. The highest BCUT2D eigenvalue weighted by molar-refractivity contribution is 6.33. The van der Waals surface area contributed by atoms with Crippen LogP contribution in [-0.4, -0.2) is 35.4 Å². The maximum atomic E-state index is 12.4. The van der Waals surface area contributed by atoms with Crippen molar-refractivity contribution < 1.29 is 24.2 Å². The second kappa shape index (κ2) is 11.0. The molecule has 0 saturated heterocycles. The van der Waals surface area contributed by atoms with Crippen LogP contribution in [0.5, 0.6) is 5.75 Å². The second-order valence-corrected chi connectivity index (χ2v) is 8.12. The molecule has 2 aromatic rings. The highest BCUT2D eigenvalue weighted by Crippen LogP contribution is 2.28. The first-order valence-corrected chi connectivity index (χ1v) is 10.9. The van der Waals surface area contributed by atoms with E-state index in [4.69, 9.17) is 21.4 Å². The van der Waals surface area contributed by atoms with E-state index in [2.05, 4.69) is 5.32 Å². The van der Waals surface area contributed by atoms with Crippen molar-refractivity contribution in [3.8, 4) is 5.75 Å². The number of Topliss-reactive ketones (excluding diaryl/α,β-unsaturated/α-hetero) is 1. The van der Waals surface area contributed by atoms with Crippen molar-refractivity contribution in [1.29, 1.82) is 0 Å². The number of rotatable bonds is 9. The lowest BCUT2D eigenvalue weighted by Crippen LogP contribution is -2.27. The third-order valence-electron chi connectivity index (χ3n) is 5.49. The summed E-state index contributed by atoms with van der Waals surface area (Å²) in [5.74, 6) is -0.571. The van der Waals surface area contributed by atoms with E-state index in [1.54, 1.807) is 48.5 Å². The number of hydrogen-bond acceptors (Lipinski definition) is 4. The summed E-state index contributed by atoms with van der Waals surface area (Å²) in [5.41, 5.74) is 1.02. The predicted octanol–water partition coefficient (Wildman–Crippen LogP) is 4.76. The maximum Gasteiger partial charge on any atom is 0.306 e. The van der Waals surface area contributed by atoms with Gasteiger partial charge in [-0.05, 0) is 68.5 Å². The quantitative estimate of drug-likeness (QED) is 0.430. The topological polar surface area (TPSA) is 92.7 Å². The molecular weight excluding hydrogens is 418 g/mol. The van der Waals surface area contributed by atoms with Crippen LogP contribution in [0.4, 0.5) is 0 Å². The van der Waals surface area contributed by atoms with Crippen molar-refractivity contribution in [3.05, 3.63) is 64.7 Å². The summed E-state index contributed by atoms with van der Waals surface area (Å²) in [6, 6.07) is 13.9. The Hall–Kier alpha value is -2.86. The van der Waals surface area contributed by atoms with Gasteiger partial charge < -0.3 is 15.2 Å². The number of carboxylic acid groups (broad SMARTS) is 1. The van der Waals surface area contributed by atoms with E-state index in [0.29, 0.717) is 54.1 Å². The number of carbonyl (C=O) groups is 3. The van der Waals surface area contributed by atoms with Crippen LogP contribution in [0.1, 0.15) is 59.2 Å². The van der Waals surface area contributed by atoms with Crippen molar-refractivity contribution in [2.45, 2.75) is 44.6 Å². The number of carbonyl (C=O) groups excluding carboxylic acids is 2. The molecule has 1 saturated carbocycles. The second-order valence-electron chi connectivity index (χ2n) is 7.72. The molecule has 164 valence electrons. The minimum Gasteiger partial charge on any atom is -0.490 e. The monoisotopic (exact) mass is 443 g/mol. The molecule has 0 spiro atoms. The molecule has 1 amide bonds. The molecule has 31 heavy (non-hydrogen) atoms. The van der Waals surface area contributed by atoms with E-state index in [1.165, 1.54) is 0 Å². The Balaban J connectivity index is 1.39. The number of amides is 1. The number of nitrogens with one attached hydrogen (secondary N) is 1. The molecule has 0 bridgehead atoms. The summed E-state index contributed by atoms with van der Waals surface area (Å²) in [6.07, 6.45) is 3.56. The Morgan fingerprint density at radius 2 is 1.68 bits per heavy atom. The standard InChI is InChI=1S/C24H26ClNO5/c25-21-5-2-1-4-20(21)23(28)26-15-3-6-22(27)16-7-11-18(12-8-16)31-19-13-9-17(10-14-19)24(29)30/h1-2,4-5,7-8,11-12,17,19H,3,6,9-10,13-15H2,(H,26,28)(H,29,30). The fourth-order valence-electron chi connectivity index (χ4n) is 3.68. The van der Waals surface area contributed by atoms with Gasteiger partial charge in [0.1, 0.15) is 5.75 Å². The molecule has 0 radical (unpaired) electrons. The first-order chi connectivity index (χ1) is 14.9. The van der Waals surface area contributed by atoms with Gasteiger partial charge in [-0.15, -0.1) is 0 Å². The molecule has 0 heterocycles. The number of ether oxygens (including phenoxy) is 1. The maximum absolute atomic E-state index is 12.4. The Bertz CT molecular complexity index is 920. The zero-order valence-corrected chi connectivity index (χ0v) is 17.9. The van der Waals surface area contributed by atoms with Gasteiger partial charge in [0.05, 0.1) is 22.6 Å². The molecular formula is C24H26ClNO5. The minimum absolute atomic E-state index is 0.000471. The molecule has 2 N–H and O–H groups in total. The van der Waals surface area contributed by atoms with E-state index in [1.807, 2.05) is 0 Å². The molecule has 0 aromatic heterocycles. The normalized spacial score (nSPS) is 18.2. The van der Waals surface area contributed by atoms with Crippen molar-refractivity contribution in [1.82, 2.24) is 5.32 Å². The van der Waals surface area contributed by atoms with Gasteiger partial charge in [0.2, 0.25) is 0 Å². The van der Waals surface area contributed by atoms with Gasteiger partial charge in [0.25, 0.3) is 5.91 Å². The molecule has 6 nitrogen and oxygen atoms in total. The smallest absolute Gasteiger partial charge is 0.306 e. The third-order valence-corrected chi connectivity index (χ3v) is 5.82. The first kappa shape index (κ1) is 22.8. The van der Waals surface area contributed by atoms with Gasteiger partial charge in [-0.1, -0.05) is 23.7 Å². The summed E-state index contributed by atoms with van der Waals surface area (Å²) in [7, 11) is 0. The average Bonchev–Trinajstić information content (AvgIpc) is 2.77. The van der Waals surface area contributed by atoms with Crippen LogP contribution in [0.2, 0.25) is 5.02 Å². The lowest BCUT2D eigenvalue weighted by atomic mass is 9.87. The van der Waals surface area contributed by atoms with E-state index >= 15 is 0 Å². The number of hydrogen-bond donors (Lipinski definition) is 2. The van der Waals surface area contributed by atoms with Crippen LogP contribution < -0.4 is 10.1 Å². The molecule has 0 unspecified atom stereocenters. The van der Waals surface area contributed by atoms with Gasteiger partial charge in [0, 0.05) is 18.5 Å². The van der Waals surface area contributed by atoms with Gasteiger partial charge in [-0.25, -0.2) is 0 Å². The number of benzene rings is 2. The van der Waals surface area contributed by atoms with Crippen LogP contribution in [0.25, 0.3) is 0 Å². The zero-order chi connectivity index (χ0) is 22.2. The van der Waals surface area contributed by atoms with Crippen molar-refractivity contribution in [2.75, 3.05) is 6.54 Å². The Morgan fingerprint density at radius 3 is 2.32 bits per heavy atom. The Morgan fingerprint density at radius 1 is 1.00 bits per heavy atom. The summed E-state index contributed by atoms with van der Waals surface area (Å²) in [4.78, 5) is 35.5. The van der Waals surface area contributed by atoms with Crippen molar-refractivity contribution in [2.24, 2.45) is 5.92 Å². The molecule has 7 heteroatoms.